The van der Waals surface area contributed by atoms with Crippen LogP contribution in [0.3, 0.4) is 0 Å². The highest BCUT2D eigenvalue weighted by molar-refractivity contribution is 6.63. The van der Waals surface area contributed by atoms with Crippen LogP contribution in [0.2, 0.25) is 0 Å². The first-order valence-electron chi connectivity index (χ1n) is 8.65. The van der Waals surface area contributed by atoms with Crippen molar-refractivity contribution in [2.45, 2.75) is 33.2 Å². The Morgan fingerprint density at radius 1 is 1.46 bits per heavy atom. The third-order valence-corrected chi connectivity index (χ3v) is 4.54. The first kappa shape index (κ1) is 21.6. The molecule has 1 aromatic rings. The number of aliphatic imine (C=N–C) groups is 1. The molecule has 0 atom stereocenters. The molecule has 28 heavy (non-hydrogen) atoms. The molecule has 1 aliphatic rings. The van der Waals surface area contributed by atoms with Crippen LogP contribution in [0.5, 0.6) is 0 Å². The van der Waals surface area contributed by atoms with E-state index in [1.54, 1.807) is 27.7 Å². The van der Waals surface area contributed by atoms with Crippen molar-refractivity contribution in [2.24, 2.45) is 10.7 Å². The molecule has 1 amide bonds. The summed E-state index contributed by atoms with van der Waals surface area (Å²) in [6, 6.07) is 2.76. The maximum absolute atomic E-state index is 14.0. The molecular weight excluding hydrogens is 389 g/mol. The zero-order valence-corrected chi connectivity index (χ0v) is 16.9. The van der Waals surface area contributed by atoms with Crippen LogP contribution in [0.15, 0.2) is 28.4 Å². The third kappa shape index (κ3) is 4.59. The Bertz CT molecular complexity index is 854. The van der Waals surface area contributed by atoms with Crippen LogP contribution in [-0.4, -0.2) is 52.3 Å². The van der Waals surface area contributed by atoms with E-state index in [4.69, 9.17) is 22.1 Å². The van der Waals surface area contributed by atoms with E-state index in [0.29, 0.717) is 17.0 Å². The Hall–Kier alpha value is -2.68. The number of aromatic nitrogens is 1. The smallest absolute Gasteiger partial charge is 0.325 e. The number of hydrogen-bond donors (Lipinski definition) is 2. The number of nitrogens with one attached hydrogen (secondary N) is 1. The lowest BCUT2D eigenvalue weighted by Crippen LogP contribution is -2.46. The molecule has 152 valence electrons. The van der Waals surface area contributed by atoms with Crippen LogP contribution in [0.25, 0.3) is 0 Å². The first-order chi connectivity index (χ1) is 13.1. The van der Waals surface area contributed by atoms with Gasteiger partial charge in [-0.15, -0.1) is 0 Å². The fraction of sp³-hybridized carbons (Fsp3) is 0.444. The van der Waals surface area contributed by atoms with Crippen LogP contribution in [0.4, 0.5) is 15.0 Å². The number of rotatable bonds is 6. The number of hydrogen-bond acceptors (Lipinski definition) is 6. The fourth-order valence-electron chi connectivity index (χ4n) is 2.91. The number of aryl methyl sites for hydroxylation is 1. The van der Waals surface area contributed by atoms with E-state index in [1.165, 1.54) is 17.0 Å². The molecule has 1 aromatic heterocycles. The number of amides is 1. The van der Waals surface area contributed by atoms with Crippen LogP contribution in [0.1, 0.15) is 26.5 Å². The molecule has 0 unspecified atom stereocenters. The number of nitrogens with zero attached hydrogens (tertiary/aromatic N) is 3. The lowest BCUT2D eigenvalue weighted by molar-refractivity contribution is -0.141. The van der Waals surface area contributed by atoms with Crippen molar-refractivity contribution in [2.75, 3.05) is 19.7 Å². The maximum Gasteiger partial charge on any atom is 0.325 e. The average Bonchev–Trinajstić information content (AvgIpc) is 2.87. The molecule has 2 heterocycles. The minimum absolute atomic E-state index is 0.0307. The van der Waals surface area contributed by atoms with E-state index >= 15 is 0 Å². The summed E-state index contributed by atoms with van der Waals surface area (Å²) in [5, 5.41) is 2.27. The van der Waals surface area contributed by atoms with Crippen molar-refractivity contribution < 1.29 is 18.7 Å². The second kappa shape index (κ2) is 8.55. The molecule has 0 spiro atoms. The van der Waals surface area contributed by atoms with E-state index in [1.807, 2.05) is 0 Å². The molecular formula is C18H23ClFN5O3. The quantitative estimate of drug-likeness (QED) is 0.244. The predicted molar refractivity (Wildman–Crippen MR) is 104 cm³/mol. The second-order valence-electron chi connectivity index (χ2n) is 6.67. The highest BCUT2D eigenvalue weighted by Crippen LogP contribution is 2.34. The van der Waals surface area contributed by atoms with Gasteiger partial charge < -0.3 is 20.7 Å². The molecule has 0 saturated carbocycles. The molecule has 8 nitrogen and oxygen atoms in total. The normalized spacial score (nSPS) is 16.4. The Morgan fingerprint density at radius 3 is 2.75 bits per heavy atom. The zero-order valence-electron chi connectivity index (χ0n) is 16.2. The Balaban J connectivity index is 2.45. The van der Waals surface area contributed by atoms with Crippen LogP contribution in [0, 0.1) is 12.7 Å². The number of nitrogens with two attached hydrogens (primary N) is 1. The number of amidine groups is 1. The van der Waals surface area contributed by atoms with Crippen molar-refractivity contribution in [3.8, 4) is 0 Å². The summed E-state index contributed by atoms with van der Waals surface area (Å²) in [4.78, 5) is 33.1. The van der Waals surface area contributed by atoms with Crippen LogP contribution < -0.4 is 11.1 Å². The minimum atomic E-state index is -0.890. The van der Waals surface area contributed by atoms with Gasteiger partial charge in [0, 0.05) is 17.0 Å². The molecule has 0 aliphatic carbocycles. The molecule has 0 radical (unpaired) electrons. The lowest BCUT2D eigenvalue weighted by atomic mass is 9.99. The van der Waals surface area contributed by atoms with Crippen LogP contribution >= 0.6 is 11.6 Å². The summed E-state index contributed by atoms with van der Waals surface area (Å²) in [5.74, 6) is -1.29. The standard InChI is InChI=1S/C18H23ClFN5O3/c1-5-28-13(26)8-22-14-11(9-25(17(19)27)18(14,3)4)15(21)24-16-12(20)7-6-10(2)23-16/h6-7,22H,5,8-9H2,1-4H3,(H2,21,23,24). The van der Waals surface area contributed by atoms with Gasteiger partial charge in [0.05, 0.1) is 18.7 Å². The van der Waals surface area contributed by atoms with Gasteiger partial charge in [-0.2, -0.15) is 0 Å². The van der Waals surface area contributed by atoms with Gasteiger partial charge in [0.2, 0.25) is 0 Å². The van der Waals surface area contributed by atoms with Gasteiger partial charge in [-0.25, -0.2) is 14.4 Å². The van der Waals surface area contributed by atoms with Crippen molar-refractivity contribution in [1.82, 2.24) is 15.2 Å². The SMILES string of the molecule is CCOC(=O)CNC1=C(C(N)=Nc2nc(C)ccc2F)CN(C(=O)Cl)C1(C)C. The molecule has 0 fully saturated rings. The molecule has 1 aliphatic heterocycles. The summed E-state index contributed by atoms with van der Waals surface area (Å²) in [6.45, 7) is 7.04. The summed E-state index contributed by atoms with van der Waals surface area (Å²) in [7, 11) is 0. The van der Waals surface area contributed by atoms with E-state index in [9.17, 15) is 14.0 Å². The van der Waals surface area contributed by atoms with E-state index in [2.05, 4.69) is 15.3 Å². The molecule has 0 bridgehead atoms. The molecule has 0 aromatic carbocycles. The number of esters is 1. The van der Waals surface area contributed by atoms with E-state index < -0.39 is 22.7 Å². The maximum atomic E-state index is 14.0. The van der Waals surface area contributed by atoms with E-state index in [-0.39, 0.29) is 31.3 Å². The fourth-order valence-corrected chi connectivity index (χ4v) is 3.18. The number of carbonyl (C=O) groups is 2. The number of halogens is 2. The van der Waals surface area contributed by atoms with Crippen molar-refractivity contribution >= 4 is 34.6 Å². The molecule has 0 saturated heterocycles. The van der Waals surface area contributed by atoms with Crippen LogP contribution in [-0.2, 0) is 9.53 Å². The van der Waals surface area contributed by atoms with Gasteiger partial charge in [0.1, 0.15) is 12.4 Å². The molecule has 10 heteroatoms. The molecule has 2 rings (SSSR count). The zero-order chi connectivity index (χ0) is 21.1. The Kier molecular flexibility index (Phi) is 6.60. The summed E-state index contributed by atoms with van der Waals surface area (Å²) >= 11 is 5.71. The lowest BCUT2D eigenvalue weighted by Gasteiger charge is -2.32. The second-order valence-corrected chi connectivity index (χ2v) is 6.99. The number of pyridine rings is 1. The average molecular weight is 412 g/mol. The van der Waals surface area contributed by atoms with Gasteiger partial charge in [-0.05, 0) is 51.4 Å². The Labute approximate surface area is 167 Å². The summed E-state index contributed by atoms with van der Waals surface area (Å²) < 4.78 is 18.9. The van der Waals surface area contributed by atoms with Gasteiger partial charge >= 0.3 is 11.3 Å². The summed E-state index contributed by atoms with van der Waals surface area (Å²) in [5.41, 5.74) is 6.70. The third-order valence-electron chi connectivity index (χ3n) is 4.33. The van der Waals surface area contributed by atoms with Gasteiger partial charge in [0.25, 0.3) is 0 Å². The minimum Gasteiger partial charge on any atom is -0.465 e. The Morgan fingerprint density at radius 2 is 2.14 bits per heavy atom. The number of carbonyl (C=O) groups excluding carboxylic acids is 2. The molecule has 3 N–H and O–H groups in total. The number of ether oxygens (including phenoxy) is 1. The predicted octanol–water partition coefficient (Wildman–Crippen LogP) is 2.38. The van der Waals surface area contributed by atoms with Gasteiger partial charge in [-0.3, -0.25) is 9.59 Å². The topological polar surface area (TPSA) is 110 Å². The van der Waals surface area contributed by atoms with Crippen molar-refractivity contribution in [3.05, 3.63) is 34.9 Å². The highest BCUT2D eigenvalue weighted by atomic mass is 35.5. The highest BCUT2D eigenvalue weighted by Gasteiger charge is 2.43. The van der Waals surface area contributed by atoms with Crippen molar-refractivity contribution in [3.63, 3.8) is 0 Å². The van der Waals surface area contributed by atoms with Crippen molar-refractivity contribution in [1.29, 1.82) is 0 Å². The monoisotopic (exact) mass is 411 g/mol. The first-order valence-corrected chi connectivity index (χ1v) is 9.03. The van der Waals surface area contributed by atoms with E-state index in [0.717, 1.165) is 0 Å². The van der Waals surface area contributed by atoms with Gasteiger partial charge in [0.15, 0.2) is 11.6 Å². The van der Waals surface area contributed by atoms with Gasteiger partial charge in [-0.1, -0.05) is 0 Å². The largest absolute Gasteiger partial charge is 0.465 e. The summed E-state index contributed by atoms with van der Waals surface area (Å²) in [6.07, 6.45) is 0.